The Bertz CT molecular complexity index is 837. The zero-order valence-corrected chi connectivity index (χ0v) is 20.2. The van der Waals surface area contributed by atoms with Gasteiger partial charge in [0.15, 0.2) is 5.96 Å². The second-order valence-corrected chi connectivity index (χ2v) is 7.36. The number of benzene rings is 1. The van der Waals surface area contributed by atoms with Crippen molar-refractivity contribution < 1.29 is 13.9 Å². The molecule has 0 amide bonds. The molecule has 8 heteroatoms. The van der Waals surface area contributed by atoms with Gasteiger partial charge in [0.2, 0.25) is 0 Å². The number of furan rings is 1. The van der Waals surface area contributed by atoms with Crippen LogP contribution in [0.15, 0.2) is 69.6 Å². The first kappa shape index (κ1) is 24.2. The summed E-state index contributed by atoms with van der Waals surface area (Å²) in [4.78, 5) is 5.89. The van der Waals surface area contributed by atoms with Crippen molar-refractivity contribution in [3.63, 3.8) is 0 Å². The first-order valence-electron chi connectivity index (χ1n) is 9.61. The summed E-state index contributed by atoms with van der Waals surface area (Å²) in [5.41, 5.74) is 1.12. The highest BCUT2D eigenvalue weighted by atomic mass is 127. The van der Waals surface area contributed by atoms with Crippen LogP contribution in [0.25, 0.3) is 0 Å². The van der Waals surface area contributed by atoms with Crippen molar-refractivity contribution >= 4 is 41.3 Å². The average molecular weight is 541 g/mol. The van der Waals surface area contributed by atoms with Crippen molar-refractivity contribution in [2.45, 2.75) is 19.6 Å². The first-order chi connectivity index (χ1) is 14.3. The molecule has 0 aliphatic heterocycles. The second kappa shape index (κ2) is 14.1. The van der Waals surface area contributed by atoms with Crippen LogP contribution in [0.3, 0.4) is 0 Å². The normalized spacial score (nSPS) is 11.0. The van der Waals surface area contributed by atoms with Gasteiger partial charge in [-0.2, -0.15) is 0 Å². The van der Waals surface area contributed by atoms with Crippen LogP contribution in [-0.2, 0) is 24.3 Å². The van der Waals surface area contributed by atoms with E-state index in [1.807, 2.05) is 42.5 Å². The van der Waals surface area contributed by atoms with Gasteiger partial charge in [0, 0.05) is 24.4 Å². The molecule has 2 aromatic heterocycles. The van der Waals surface area contributed by atoms with Gasteiger partial charge < -0.3 is 24.5 Å². The standard InChI is InChI=1S/C22H27N3O3S.HI/c1-26-19-8-6-18(7-9-19)17-27-14-12-24-22(25-16-21-5-3-15-29-21)23-11-10-20-4-2-13-28-20;/h2-9,13,15H,10-12,14,16-17H2,1H3,(H2,23,24,25);1H. The van der Waals surface area contributed by atoms with Crippen LogP contribution >= 0.6 is 35.3 Å². The molecule has 0 unspecified atom stereocenters. The zero-order valence-electron chi connectivity index (χ0n) is 17.0. The summed E-state index contributed by atoms with van der Waals surface area (Å²) >= 11 is 1.71. The number of thiophene rings is 1. The van der Waals surface area contributed by atoms with Gasteiger partial charge in [0.05, 0.1) is 33.1 Å². The van der Waals surface area contributed by atoms with Gasteiger partial charge in [0.1, 0.15) is 11.5 Å². The predicted octanol–water partition coefficient (Wildman–Crippen LogP) is 4.46. The molecular formula is C22H28IN3O3S. The SMILES string of the molecule is COc1ccc(COCCNC(=NCc2cccs2)NCCc2ccco2)cc1.I. The minimum absolute atomic E-state index is 0. The molecule has 6 nitrogen and oxygen atoms in total. The van der Waals surface area contributed by atoms with Crippen molar-refractivity contribution in [1.82, 2.24) is 10.6 Å². The molecule has 0 atom stereocenters. The van der Waals surface area contributed by atoms with E-state index < -0.39 is 0 Å². The Morgan fingerprint density at radius 2 is 1.90 bits per heavy atom. The molecule has 0 aliphatic rings. The van der Waals surface area contributed by atoms with E-state index in [0.717, 1.165) is 36.0 Å². The maximum atomic E-state index is 5.76. The van der Waals surface area contributed by atoms with Crippen LogP contribution in [0, 0.1) is 0 Å². The van der Waals surface area contributed by atoms with Crippen LogP contribution in [0.2, 0.25) is 0 Å². The Balaban J connectivity index is 0.00000320. The predicted molar refractivity (Wildman–Crippen MR) is 132 cm³/mol. The highest BCUT2D eigenvalue weighted by Crippen LogP contribution is 2.12. The lowest BCUT2D eigenvalue weighted by atomic mass is 10.2. The van der Waals surface area contributed by atoms with E-state index in [1.165, 1.54) is 4.88 Å². The molecular weight excluding hydrogens is 513 g/mol. The van der Waals surface area contributed by atoms with Crippen LogP contribution in [0.5, 0.6) is 5.75 Å². The summed E-state index contributed by atoms with van der Waals surface area (Å²) in [5, 5.41) is 8.76. The van der Waals surface area contributed by atoms with E-state index in [0.29, 0.717) is 26.3 Å². The van der Waals surface area contributed by atoms with E-state index in [9.17, 15) is 0 Å². The molecule has 0 fully saturated rings. The van der Waals surface area contributed by atoms with E-state index >= 15 is 0 Å². The topological polar surface area (TPSA) is 68.0 Å². The lowest BCUT2D eigenvalue weighted by molar-refractivity contribution is 0.125. The lowest BCUT2D eigenvalue weighted by Crippen LogP contribution is -2.40. The number of aliphatic imine (C=N–C) groups is 1. The largest absolute Gasteiger partial charge is 0.497 e. The number of ether oxygens (including phenoxy) is 2. The zero-order chi connectivity index (χ0) is 20.2. The molecule has 162 valence electrons. The lowest BCUT2D eigenvalue weighted by Gasteiger charge is -2.12. The van der Waals surface area contributed by atoms with E-state index in [1.54, 1.807) is 24.7 Å². The number of hydrogen-bond donors (Lipinski definition) is 2. The fraction of sp³-hybridized carbons (Fsp3) is 0.318. The minimum Gasteiger partial charge on any atom is -0.497 e. The number of nitrogens with zero attached hydrogens (tertiary/aromatic N) is 1. The van der Waals surface area contributed by atoms with Crippen molar-refractivity contribution in [2.75, 3.05) is 26.8 Å². The van der Waals surface area contributed by atoms with Gasteiger partial charge in [-0.25, -0.2) is 4.99 Å². The van der Waals surface area contributed by atoms with Crippen LogP contribution in [-0.4, -0.2) is 32.8 Å². The fourth-order valence-electron chi connectivity index (χ4n) is 2.65. The van der Waals surface area contributed by atoms with Gasteiger partial charge in [-0.1, -0.05) is 18.2 Å². The minimum atomic E-state index is 0. The number of hydrogen-bond acceptors (Lipinski definition) is 5. The van der Waals surface area contributed by atoms with Gasteiger partial charge >= 0.3 is 0 Å². The third kappa shape index (κ3) is 8.76. The first-order valence-corrected chi connectivity index (χ1v) is 10.5. The maximum Gasteiger partial charge on any atom is 0.191 e. The average Bonchev–Trinajstić information content (AvgIpc) is 3.46. The van der Waals surface area contributed by atoms with Crippen molar-refractivity contribution in [3.8, 4) is 5.75 Å². The molecule has 3 aromatic rings. The molecule has 0 spiro atoms. The summed E-state index contributed by atoms with van der Waals surface area (Å²) in [6, 6.07) is 15.9. The molecule has 3 rings (SSSR count). The number of nitrogens with one attached hydrogen (secondary N) is 2. The molecule has 0 aliphatic carbocycles. The van der Waals surface area contributed by atoms with Gasteiger partial charge in [-0.3, -0.25) is 0 Å². The molecule has 30 heavy (non-hydrogen) atoms. The monoisotopic (exact) mass is 541 g/mol. The highest BCUT2D eigenvalue weighted by Gasteiger charge is 2.02. The Hall–Kier alpha value is -2.04. The molecule has 1 aromatic carbocycles. The molecule has 0 radical (unpaired) electrons. The molecule has 0 bridgehead atoms. The van der Waals surface area contributed by atoms with Gasteiger partial charge in [0.25, 0.3) is 0 Å². The number of halogens is 1. The summed E-state index contributed by atoms with van der Waals surface area (Å²) in [6.45, 7) is 3.23. The highest BCUT2D eigenvalue weighted by molar-refractivity contribution is 14.0. The summed E-state index contributed by atoms with van der Waals surface area (Å²) in [6.07, 6.45) is 2.50. The third-order valence-electron chi connectivity index (χ3n) is 4.18. The van der Waals surface area contributed by atoms with Crippen molar-refractivity contribution in [2.24, 2.45) is 4.99 Å². The number of guanidine groups is 1. The van der Waals surface area contributed by atoms with Gasteiger partial charge in [-0.05, 0) is 41.3 Å². The maximum absolute atomic E-state index is 5.76. The Labute approximate surface area is 198 Å². The summed E-state index contributed by atoms with van der Waals surface area (Å²) in [7, 11) is 1.66. The molecule has 2 N–H and O–H groups in total. The Kier molecular flexibility index (Phi) is 11.3. The van der Waals surface area contributed by atoms with Gasteiger partial charge in [-0.15, -0.1) is 35.3 Å². The molecule has 0 saturated heterocycles. The van der Waals surface area contributed by atoms with Crippen LogP contribution < -0.4 is 15.4 Å². The second-order valence-electron chi connectivity index (χ2n) is 6.33. The molecule has 0 saturated carbocycles. The smallest absolute Gasteiger partial charge is 0.191 e. The molecule has 2 heterocycles. The van der Waals surface area contributed by atoms with E-state index in [-0.39, 0.29) is 24.0 Å². The fourth-order valence-corrected chi connectivity index (χ4v) is 3.27. The summed E-state index contributed by atoms with van der Waals surface area (Å²) in [5.74, 6) is 2.58. The number of rotatable bonds is 11. The van der Waals surface area contributed by atoms with Crippen LogP contribution in [0.4, 0.5) is 0 Å². The Morgan fingerprint density at radius 1 is 1.07 bits per heavy atom. The van der Waals surface area contributed by atoms with E-state index in [2.05, 4.69) is 27.1 Å². The van der Waals surface area contributed by atoms with Crippen molar-refractivity contribution in [1.29, 1.82) is 0 Å². The number of methoxy groups -OCH3 is 1. The van der Waals surface area contributed by atoms with E-state index in [4.69, 9.17) is 13.9 Å². The van der Waals surface area contributed by atoms with Crippen molar-refractivity contribution in [3.05, 3.63) is 76.4 Å². The quantitative estimate of drug-likeness (QED) is 0.162. The van der Waals surface area contributed by atoms with Crippen LogP contribution in [0.1, 0.15) is 16.2 Å². The third-order valence-corrected chi connectivity index (χ3v) is 5.04. The Morgan fingerprint density at radius 3 is 2.60 bits per heavy atom. The summed E-state index contributed by atoms with van der Waals surface area (Å²) < 4.78 is 16.3.